The van der Waals surface area contributed by atoms with Crippen molar-refractivity contribution in [2.75, 3.05) is 38.2 Å². The van der Waals surface area contributed by atoms with Crippen LogP contribution in [0.2, 0.25) is 5.02 Å². The van der Waals surface area contributed by atoms with Crippen LogP contribution in [0.5, 0.6) is 5.75 Å². The van der Waals surface area contributed by atoms with Crippen LogP contribution in [-0.4, -0.2) is 56.2 Å². The molecule has 24 heavy (non-hydrogen) atoms. The number of hydrogen-bond donors (Lipinski definition) is 0. The summed E-state index contributed by atoms with van der Waals surface area (Å²) in [4.78, 5) is 1.93. The molecule has 2 aromatic rings. The molecule has 2 heterocycles. The van der Waals surface area contributed by atoms with E-state index in [4.69, 9.17) is 20.8 Å². The first-order chi connectivity index (χ1) is 11.4. The lowest BCUT2D eigenvalue weighted by molar-refractivity contribution is 0.363. The summed E-state index contributed by atoms with van der Waals surface area (Å²) < 4.78 is 37.7. The Kier molecular flexibility index (Phi) is 4.66. The first kappa shape index (κ1) is 17.0. The number of halogens is 1. The number of methoxy groups -OCH3 is 1. The normalized spacial score (nSPS) is 16.4. The van der Waals surface area contributed by atoms with E-state index < -0.39 is 10.0 Å². The summed E-state index contributed by atoms with van der Waals surface area (Å²) in [5.74, 6) is 0.748. The number of aromatic nitrogens is 2. The average molecular weight is 373 g/mol. The van der Waals surface area contributed by atoms with Crippen LogP contribution < -0.4 is 9.64 Å². The van der Waals surface area contributed by atoms with Crippen LogP contribution in [0.25, 0.3) is 0 Å². The molecule has 0 atom stereocenters. The van der Waals surface area contributed by atoms with Gasteiger partial charge >= 0.3 is 6.01 Å². The van der Waals surface area contributed by atoms with Gasteiger partial charge in [0.25, 0.3) is 0 Å². The van der Waals surface area contributed by atoms with Crippen molar-refractivity contribution in [1.29, 1.82) is 0 Å². The molecule has 0 spiro atoms. The fourth-order valence-electron chi connectivity index (χ4n) is 2.52. The van der Waals surface area contributed by atoms with Gasteiger partial charge in [0.1, 0.15) is 10.6 Å². The van der Waals surface area contributed by atoms with Crippen LogP contribution in [-0.2, 0) is 10.0 Å². The second-order valence-electron chi connectivity index (χ2n) is 5.29. The van der Waals surface area contributed by atoms with Gasteiger partial charge in [-0.05, 0) is 18.2 Å². The zero-order chi connectivity index (χ0) is 17.3. The highest BCUT2D eigenvalue weighted by Crippen LogP contribution is 2.30. The van der Waals surface area contributed by atoms with Gasteiger partial charge < -0.3 is 14.1 Å². The highest BCUT2D eigenvalue weighted by atomic mass is 35.5. The summed E-state index contributed by atoms with van der Waals surface area (Å²) in [6.07, 6.45) is 0. The van der Waals surface area contributed by atoms with Gasteiger partial charge in [-0.1, -0.05) is 16.7 Å². The quantitative estimate of drug-likeness (QED) is 0.804. The van der Waals surface area contributed by atoms with E-state index in [0.717, 1.165) is 0 Å². The largest absolute Gasteiger partial charge is 0.495 e. The Morgan fingerprint density at radius 2 is 1.92 bits per heavy atom. The second kappa shape index (κ2) is 6.58. The molecule has 1 aliphatic rings. The molecule has 130 valence electrons. The lowest BCUT2D eigenvalue weighted by Gasteiger charge is -2.33. The predicted molar refractivity (Wildman–Crippen MR) is 88.0 cm³/mol. The summed E-state index contributed by atoms with van der Waals surface area (Å²) in [7, 11) is -2.27. The van der Waals surface area contributed by atoms with Crippen molar-refractivity contribution in [3.05, 3.63) is 29.1 Å². The lowest BCUT2D eigenvalue weighted by Crippen LogP contribution is -2.48. The minimum Gasteiger partial charge on any atom is -0.495 e. The average Bonchev–Trinajstić information content (AvgIpc) is 3.01. The maximum atomic E-state index is 12.9. The number of anilines is 1. The van der Waals surface area contributed by atoms with Gasteiger partial charge in [-0.3, -0.25) is 0 Å². The number of ether oxygens (including phenoxy) is 1. The smallest absolute Gasteiger partial charge is 0.318 e. The van der Waals surface area contributed by atoms with Crippen molar-refractivity contribution >= 4 is 27.6 Å². The fraction of sp³-hybridized carbons (Fsp3) is 0.429. The van der Waals surface area contributed by atoms with Crippen LogP contribution in [0.3, 0.4) is 0 Å². The molecule has 0 unspecified atom stereocenters. The molecule has 0 saturated carbocycles. The van der Waals surface area contributed by atoms with Gasteiger partial charge in [-0.15, -0.1) is 5.10 Å². The SMILES string of the molecule is COc1ccc(Cl)cc1S(=O)(=O)N1CCN(c2nnc(C)o2)CC1. The molecule has 1 saturated heterocycles. The molecule has 0 amide bonds. The first-order valence-corrected chi connectivity index (χ1v) is 9.12. The first-order valence-electron chi connectivity index (χ1n) is 7.30. The van der Waals surface area contributed by atoms with E-state index in [1.165, 1.54) is 17.5 Å². The molecule has 10 heteroatoms. The van der Waals surface area contributed by atoms with Crippen molar-refractivity contribution in [3.63, 3.8) is 0 Å². The molecular formula is C14H17ClN4O4S. The van der Waals surface area contributed by atoms with Crippen LogP contribution in [0.1, 0.15) is 5.89 Å². The van der Waals surface area contributed by atoms with Crippen LogP contribution in [0, 0.1) is 6.92 Å². The van der Waals surface area contributed by atoms with E-state index >= 15 is 0 Å². The Morgan fingerprint density at radius 3 is 2.50 bits per heavy atom. The van der Waals surface area contributed by atoms with E-state index in [0.29, 0.717) is 43.1 Å². The Hall–Kier alpha value is -1.84. The van der Waals surface area contributed by atoms with Gasteiger partial charge in [-0.2, -0.15) is 4.31 Å². The van der Waals surface area contributed by atoms with Gasteiger partial charge in [-0.25, -0.2) is 8.42 Å². The summed E-state index contributed by atoms with van der Waals surface area (Å²) in [6, 6.07) is 4.95. The summed E-state index contributed by atoms with van der Waals surface area (Å²) >= 11 is 5.95. The van der Waals surface area contributed by atoms with Gasteiger partial charge in [0.2, 0.25) is 15.9 Å². The number of benzene rings is 1. The third-order valence-electron chi connectivity index (χ3n) is 3.77. The highest BCUT2D eigenvalue weighted by Gasteiger charge is 2.32. The maximum absolute atomic E-state index is 12.9. The maximum Gasteiger partial charge on any atom is 0.318 e. The Morgan fingerprint density at radius 1 is 1.21 bits per heavy atom. The monoisotopic (exact) mass is 372 g/mol. The zero-order valence-corrected chi connectivity index (χ0v) is 14.8. The summed E-state index contributed by atoms with van der Waals surface area (Å²) in [5.41, 5.74) is 0. The standard InChI is InChI=1S/C14H17ClN4O4S/c1-10-16-17-14(23-10)18-5-7-19(8-6-18)24(20,21)13-9-11(15)3-4-12(13)22-2/h3-4,9H,5-8H2,1-2H3. The minimum atomic E-state index is -3.70. The summed E-state index contributed by atoms with van der Waals surface area (Å²) in [6.45, 7) is 3.25. The molecule has 0 bridgehead atoms. The minimum absolute atomic E-state index is 0.0691. The number of rotatable bonds is 4. The zero-order valence-electron chi connectivity index (χ0n) is 13.3. The molecular weight excluding hydrogens is 356 g/mol. The van der Waals surface area contributed by atoms with E-state index in [1.54, 1.807) is 19.1 Å². The summed E-state index contributed by atoms with van der Waals surface area (Å²) in [5, 5.41) is 8.09. The number of piperazine rings is 1. The van der Waals surface area contributed by atoms with E-state index in [9.17, 15) is 8.42 Å². The van der Waals surface area contributed by atoms with Crippen molar-refractivity contribution in [1.82, 2.24) is 14.5 Å². The lowest BCUT2D eigenvalue weighted by atomic mass is 10.3. The molecule has 1 aromatic heterocycles. The van der Waals surface area contributed by atoms with E-state index in [-0.39, 0.29) is 10.6 Å². The molecule has 1 aliphatic heterocycles. The third-order valence-corrected chi connectivity index (χ3v) is 5.92. The Bertz CT molecular complexity index is 831. The molecule has 1 fully saturated rings. The Balaban J connectivity index is 1.79. The van der Waals surface area contributed by atoms with Crippen LogP contribution in [0.15, 0.2) is 27.5 Å². The van der Waals surface area contributed by atoms with Crippen LogP contribution >= 0.6 is 11.6 Å². The van der Waals surface area contributed by atoms with Gasteiger partial charge in [0, 0.05) is 38.1 Å². The topological polar surface area (TPSA) is 88.8 Å². The second-order valence-corrected chi connectivity index (χ2v) is 7.63. The van der Waals surface area contributed by atoms with Gasteiger partial charge in [0.05, 0.1) is 7.11 Å². The third kappa shape index (κ3) is 3.19. The van der Waals surface area contributed by atoms with Crippen molar-refractivity contribution in [2.24, 2.45) is 0 Å². The predicted octanol–water partition coefficient (Wildman–Crippen LogP) is 1.55. The van der Waals surface area contributed by atoms with Gasteiger partial charge in [0.15, 0.2) is 0 Å². The molecule has 0 radical (unpaired) electrons. The number of nitrogens with zero attached hydrogens (tertiary/aromatic N) is 4. The molecule has 0 N–H and O–H groups in total. The number of hydrogen-bond acceptors (Lipinski definition) is 7. The molecule has 0 aliphatic carbocycles. The van der Waals surface area contributed by atoms with E-state index in [2.05, 4.69) is 10.2 Å². The van der Waals surface area contributed by atoms with Crippen LogP contribution in [0.4, 0.5) is 6.01 Å². The van der Waals surface area contributed by atoms with Crippen molar-refractivity contribution in [3.8, 4) is 5.75 Å². The Labute approximate surface area is 145 Å². The van der Waals surface area contributed by atoms with E-state index in [1.807, 2.05) is 4.90 Å². The molecule has 3 rings (SSSR count). The molecule has 8 nitrogen and oxygen atoms in total. The highest BCUT2D eigenvalue weighted by molar-refractivity contribution is 7.89. The fourth-order valence-corrected chi connectivity index (χ4v) is 4.37. The molecule has 1 aromatic carbocycles. The number of sulfonamides is 1. The van der Waals surface area contributed by atoms with Crippen molar-refractivity contribution in [2.45, 2.75) is 11.8 Å². The van der Waals surface area contributed by atoms with Crippen molar-refractivity contribution < 1.29 is 17.6 Å². The number of aryl methyl sites for hydroxylation is 1.